The van der Waals surface area contributed by atoms with E-state index in [9.17, 15) is 0 Å². The van der Waals surface area contributed by atoms with Crippen molar-refractivity contribution in [3.8, 4) is 0 Å². The highest BCUT2D eigenvalue weighted by Gasteiger charge is 2.20. The Kier molecular flexibility index (Phi) is 4.34. The largest absolute Gasteiger partial charge is 0.382 e. The Hall–Kier alpha value is -0.900. The van der Waals surface area contributed by atoms with Crippen LogP contribution in [0.2, 0.25) is 0 Å². The SMILES string of the molecule is CCOCCCc1nc(C2CCCC2)n[nH]1. The predicted molar refractivity (Wildman–Crippen MR) is 62.4 cm³/mol. The first-order valence-corrected chi connectivity index (χ1v) is 6.39. The summed E-state index contributed by atoms with van der Waals surface area (Å²) in [6, 6.07) is 0. The zero-order chi connectivity index (χ0) is 11.2. The first kappa shape index (κ1) is 11.6. The van der Waals surface area contributed by atoms with Crippen molar-refractivity contribution in [2.24, 2.45) is 0 Å². The molecule has 0 bridgehead atoms. The number of rotatable bonds is 6. The molecule has 0 spiro atoms. The van der Waals surface area contributed by atoms with Crippen molar-refractivity contribution in [1.29, 1.82) is 0 Å². The summed E-state index contributed by atoms with van der Waals surface area (Å²) < 4.78 is 5.30. The number of hydrogen-bond donors (Lipinski definition) is 1. The van der Waals surface area contributed by atoms with Gasteiger partial charge in [0.15, 0.2) is 5.82 Å². The minimum atomic E-state index is 0.608. The lowest BCUT2D eigenvalue weighted by molar-refractivity contribution is 0.145. The molecular weight excluding hydrogens is 202 g/mol. The summed E-state index contributed by atoms with van der Waals surface area (Å²) in [5.74, 6) is 2.66. The summed E-state index contributed by atoms with van der Waals surface area (Å²) in [5, 5.41) is 7.36. The number of aryl methyl sites for hydroxylation is 1. The van der Waals surface area contributed by atoms with Crippen LogP contribution in [0.4, 0.5) is 0 Å². The van der Waals surface area contributed by atoms with Crippen LogP contribution in [-0.4, -0.2) is 28.4 Å². The summed E-state index contributed by atoms with van der Waals surface area (Å²) in [6.45, 7) is 3.63. The number of aromatic amines is 1. The van der Waals surface area contributed by atoms with Gasteiger partial charge in [0.2, 0.25) is 0 Å². The zero-order valence-electron chi connectivity index (χ0n) is 10.0. The number of hydrogen-bond acceptors (Lipinski definition) is 3. The molecule has 0 radical (unpaired) electrons. The van der Waals surface area contributed by atoms with Crippen molar-refractivity contribution in [3.05, 3.63) is 11.6 Å². The number of nitrogens with one attached hydrogen (secondary N) is 1. The van der Waals surface area contributed by atoms with Gasteiger partial charge in [0.1, 0.15) is 5.82 Å². The molecule has 0 aromatic carbocycles. The van der Waals surface area contributed by atoms with E-state index < -0.39 is 0 Å². The molecule has 1 aliphatic carbocycles. The average Bonchev–Trinajstić information content (AvgIpc) is 2.94. The van der Waals surface area contributed by atoms with Gasteiger partial charge in [-0.2, -0.15) is 5.10 Å². The maximum atomic E-state index is 5.30. The Balaban J connectivity index is 1.77. The summed E-state index contributed by atoms with van der Waals surface area (Å²) in [7, 11) is 0. The number of H-pyrrole nitrogens is 1. The van der Waals surface area contributed by atoms with E-state index in [1.165, 1.54) is 25.7 Å². The van der Waals surface area contributed by atoms with Crippen LogP contribution in [0.25, 0.3) is 0 Å². The quantitative estimate of drug-likeness (QED) is 0.753. The van der Waals surface area contributed by atoms with Crippen LogP contribution < -0.4 is 0 Å². The second-order valence-corrected chi connectivity index (χ2v) is 4.42. The van der Waals surface area contributed by atoms with Gasteiger partial charge in [-0.1, -0.05) is 12.8 Å². The molecular formula is C12H21N3O. The van der Waals surface area contributed by atoms with Gasteiger partial charge in [-0.3, -0.25) is 5.10 Å². The van der Waals surface area contributed by atoms with Crippen LogP contribution in [0.3, 0.4) is 0 Å². The van der Waals surface area contributed by atoms with Crippen LogP contribution in [0.1, 0.15) is 56.6 Å². The van der Waals surface area contributed by atoms with Crippen LogP contribution in [-0.2, 0) is 11.2 Å². The molecule has 1 aromatic heterocycles. The Bertz CT molecular complexity index is 305. The predicted octanol–water partition coefficient (Wildman–Crippen LogP) is 2.43. The summed E-state index contributed by atoms with van der Waals surface area (Å²) >= 11 is 0. The Morgan fingerprint density at radius 3 is 2.94 bits per heavy atom. The van der Waals surface area contributed by atoms with Gasteiger partial charge in [0, 0.05) is 25.6 Å². The van der Waals surface area contributed by atoms with Crippen molar-refractivity contribution < 1.29 is 4.74 Å². The number of aromatic nitrogens is 3. The Morgan fingerprint density at radius 1 is 1.38 bits per heavy atom. The molecule has 1 heterocycles. The molecule has 0 aliphatic heterocycles. The fourth-order valence-corrected chi connectivity index (χ4v) is 2.27. The number of ether oxygens (including phenoxy) is 1. The molecule has 0 saturated heterocycles. The Morgan fingerprint density at radius 2 is 2.19 bits per heavy atom. The van der Waals surface area contributed by atoms with Gasteiger partial charge >= 0.3 is 0 Å². The summed E-state index contributed by atoms with van der Waals surface area (Å²) in [6.07, 6.45) is 7.15. The third kappa shape index (κ3) is 3.04. The second kappa shape index (κ2) is 5.99. The lowest BCUT2D eigenvalue weighted by Gasteiger charge is -2.01. The molecule has 1 saturated carbocycles. The van der Waals surface area contributed by atoms with E-state index in [1.54, 1.807) is 0 Å². The van der Waals surface area contributed by atoms with Crippen molar-refractivity contribution in [3.63, 3.8) is 0 Å². The standard InChI is InChI=1S/C12H21N3O/c1-2-16-9-5-8-11-13-12(15-14-11)10-6-3-4-7-10/h10H,2-9H2,1H3,(H,13,14,15). The normalized spacial score (nSPS) is 17.1. The van der Waals surface area contributed by atoms with Gasteiger partial charge in [0.05, 0.1) is 0 Å². The molecule has 90 valence electrons. The van der Waals surface area contributed by atoms with E-state index in [0.29, 0.717) is 5.92 Å². The van der Waals surface area contributed by atoms with Crippen LogP contribution in [0.5, 0.6) is 0 Å². The van der Waals surface area contributed by atoms with E-state index >= 15 is 0 Å². The smallest absolute Gasteiger partial charge is 0.153 e. The van der Waals surface area contributed by atoms with Gasteiger partial charge in [-0.25, -0.2) is 4.98 Å². The van der Waals surface area contributed by atoms with Gasteiger partial charge < -0.3 is 4.74 Å². The van der Waals surface area contributed by atoms with E-state index in [1.807, 2.05) is 6.92 Å². The summed E-state index contributed by atoms with van der Waals surface area (Å²) in [5.41, 5.74) is 0. The third-order valence-electron chi connectivity index (χ3n) is 3.18. The van der Waals surface area contributed by atoms with Crippen molar-refractivity contribution in [1.82, 2.24) is 15.2 Å². The number of nitrogens with zero attached hydrogens (tertiary/aromatic N) is 2. The van der Waals surface area contributed by atoms with Crippen LogP contribution >= 0.6 is 0 Å². The average molecular weight is 223 g/mol. The maximum Gasteiger partial charge on any atom is 0.153 e. The fourth-order valence-electron chi connectivity index (χ4n) is 2.27. The lowest BCUT2D eigenvalue weighted by atomic mass is 10.1. The van der Waals surface area contributed by atoms with E-state index in [4.69, 9.17) is 4.74 Å². The molecule has 16 heavy (non-hydrogen) atoms. The molecule has 0 atom stereocenters. The molecule has 1 N–H and O–H groups in total. The van der Waals surface area contributed by atoms with Crippen molar-refractivity contribution in [2.75, 3.05) is 13.2 Å². The Labute approximate surface area is 96.8 Å². The van der Waals surface area contributed by atoms with Crippen molar-refractivity contribution >= 4 is 0 Å². The van der Waals surface area contributed by atoms with Crippen LogP contribution in [0, 0.1) is 0 Å². The minimum absolute atomic E-state index is 0.608. The highest BCUT2D eigenvalue weighted by Crippen LogP contribution is 2.31. The monoisotopic (exact) mass is 223 g/mol. The first-order valence-electron chi connectivity index (χ1n) is 6.39. The highest BCUT2D eigenvalue weighted by atomic mass is 16.5. The molecule has 0 amide bonds. The van der Waals surface area contributed by atoms with Gasteiger partial charge in [-0.15, -0.1) is 0 Å². The van der Waals surface area contributed by atoms with Crippen LogP contribution in [0.15, 0.2) is 0 Å². The highest BCUT2D eigenvalue weighted by molar-refractivity contribution is 4.99. The van der Waals surface area contributed by atoms with Crippen molar-refractivity contribution in [2.45, 2.75) is 51.4 Å². The van der Waals surface area contributed by atoms with Gasteiger partial charge in [-0.05, 0) is 26.2 Å². The molecule has 1 aliphatic rings. The maximum absolute atomic E-state index is 5.30. The molecule has 4 heteroatoms. The summed E-state index contributed by atoms with van der Waals surface area (Å²) in [4.78, 5) is 4.57. The zero-order valence-corrected chi connectivity index (χ0v) is 10.0. The third-order valence-corrected chi connectivity index (χ3v) is 3.18. The first-order chi connectivity index (χ1) is 7.90. The second-order valence-electron chi connectivity index (χ2n) is 4.42. The molecule has 2 rings (SSSR count). The molecule has 1 aromatic rings. The molecule has 4 nitrogen and oxygen atoms in total. The van der Waals surface area contributed by atoms with E-state index in [0.717, 1.165) is 37.7 Å². The van der Waals surface area contributed by atoms with E-state index in [-0.39, 0.29) is 0 Å². The minimum Gasteiger partial charge on any atom is -0.382 e. The fraction of sp³-hybridized carbons (Fsp3) is 0.833. The van der Waals surface area contributed by atoms with E-state index in [2.05, 4.69) is 15.2 Å². The topological polar surface area (TPSA) is 50.8 Å². The van der Waals surface area contributed by atoms with Gasteiger partial charge in [0.25, 0.3) is 0 Å². The molecule has 1 fully saturated rings. The lowest BCUT2D eigenvalue weighted by Crippen LogP contribution is -1.98. The molecule has 0 unspecified atom stereocenters.